The van der Waals surface area contributed by atoms with Crippen molar-refractivity contribution >= 4 is 27.7 Å². The fraction of sp³-hybridized carbons (Fsp3) is 0.500. The van der Waals surface area contributed by atoms with Crippen LogP contribution in [0.3, 0.4) is 0 Å². The number of nitrogens with one attached hydrogen (secondary N) is 1. The Balaban J connectivity index is 1.24. The Kier molecular flexibility index (Phi) is 8.37. The normalized spacial score (nSPS) is 18.9. The minimum atomic E-state index is -3.87. The van der Waals surface area contributed by atoms with Gasteiger partial charge < -0.3 is 9.64 Å². The molecule has 1 amide bonds. The Hall–Kier alpha value is -2.13. The number of piperidine rings is 2. The lowest BCUT2D eigenvalue weighted by Gasteiger charge is -2.41. The van der Waals surface area contributed by atoms with E-state index in [-0.39, 0.29) is 6.10 Å². The molecule has 190 valence electrons. The van der Waals surface area contributed by atoms with E-state index < -0.39 is 16.1 Å². The van der Waals surface area contributed by atoms with Crippen molar-refractivity contribution in [3.8, 4) is 5.75 Å². The molecule has 2 saturated heterocycles. The molecule has 35 heavy (non-hydrogen) atoms. The fourth-order valence-electron chi connectivity index (χ4n) is 4.86. The summed E-state index contributed by atoms with van der Waals surface area (Å²) in [5.74, 6) is 0.294. The molecule has 0 spiro atoms. The second-order valence-electron chi connectivity index (χ2n) is 9.38. The topological polar surface area (TPSA) is 79.0 Å². The van der Waals surface area contributed by atoms with E-state index in [0.29, 0.717) is 29.7 Å². The summed E-state index contributed by atoms with van der Waals surface area (Å²) in [6, 6.07) is 13.1. The van der Waals surface area contributed by atoms with Gasteiger partial charge in [0.1, 0.15) is 11.9 Å². The van der Waals surface area contributed by atoms with E-state index in [0.717, 1.165) is 62.1 Å². The number of benzene rings is 2. The summed E-state index contributed by atoms with van der Waals surface area (Å²) in [6.45, 7) is 6.70. The number of halogens is 1. The van der Waals surface area contributed by atoms with Crippen molar-refractivity contribution in [1.29, 1.82) is 0 Å². The van der Waals surface area contributed by atoms with Gasteiger partial charge in [0.15, 0.2) is 0 Å². The first-order chi connectivity index (χ1) is 16.7. The Morgan fingerprint density at radius 1 is 1.03 bits per heavy atom. The first-order valence-electron chi connectivity index (χ1n) is 12.3. The van der Waals surface area contributed by atoms with Gasteiger partial charge in [-0.1, -0.05) is 30.7 Å². The van der Waals surface area contributed by atoms with Gasteiger partial charge in [-0.3, -0.25) is 4.79 Å². The van der Waals surface area contributed by atoms with E-state index in [9.17, 15) is 13.2 Å². The Labute approximate surface area is 213 Å². The third kappa shape index (κ3) is 6.55. The highest BCUT2D eigenvalue weighted by Crippen LogP contribution is 2.27. The molecule has 0 unspecified atom stereocenters. The highest BCUT2D eigenvalue weighted by atomic mass is 35.5. The van der Waals surface area contributed by atoms with E-state index in [4.69, 9.17) is 16.3 Å². The number of carbonyl (C=O) groups excluding carboxylic acids is 1. The Morgan fingerprint density at radius 3 is 2.29 bits per heavy atom. The minimum Gasteiger partial charge on any atom is -0.490 e. The molecular weight excluding hydrogens is 486 g/mol. The lowest BCUT2D eigenvalue weighted by Crippen LogP contribution is -2.52. The van der Waals surface area contributed by atoms with Crippen LogP contribution in [-0.2, 0) is 16.6 Å². The van der Waals surface area contributed by atoms with Crippen molar-refractivity contribution in [2.75, 3.05) is 26.2 Å². The van der Waals surface area contributed by atoms with Crippen LogP contribution in [0.1, 0.15) is 54.1 Å². The minimum absolute atomic E-state index is 0.174. The number of hydrogen-bond acceptors (Lipinski definition) is 5. The number of nitrogens with zero attached hydrogens (tertiary/aromatic N) is 2. The third-order valence-corrected chi connectivity index (χ3v) is 8.76. The predicted octanol–water partition coefficient (Wildman–Crippen LogP) is 4.19. The lowest BCUT2D eigenvalue weighted by atomic mass is 10.00. The molecule has 0 radical (unpaired) electrons. The molecule has 2 aromatic rings. The maximum absolute atomic E-state index is 12.8. The quantitative estimate of drug-likeness (QED) is 0.593. The molecule has 2 aliphatic heterocycles. The number of ether oxygens (including phenoxy) is 1. The fourth-order valence-corrected chi connectivity index (χ4v) is 6.26. The molecule has 0 aliphatic carbocycles. The van der Waals surface area contributed by atoms with E-state index >= 15 is 0 Å². The third-order valence-electron chi connectivity index (χ3n) is 7.03. The summed E-state index contributed by atoms with van der Waals surface area (Å²) in [7, 11) is -3.87. The molecule has 4 rings (SSSR count). The molecular formula is C26H34ClN3O4S. The largest absolute Gasteiger partial charge is 0.490 e. The van der Waals surface area contributed by atoms with Crippen molar-refractivity contribution in [3.05, 3.63) is 64.2 Å². The molecule has 2 heterocycles. The molecule has 0 saturated carbocycles. The second-order valence-corrected chi connectivity index (χ2v) is 11.5. The number of amides is 1. The molecule has 9 heteroatoms. The molecule has 7 nitrogen and oxygen atoms in total. The average Bonchev–Trinajstić information content (AvgIpc) is 2.86. The average molecular weight is 520 g/mol. The van der Waals surface area contributed by atoms with E-state index in [1.165, 1.54) is 4.31 Å². The monoisotopic (exact) mass is 519 g/mol. The maximum atomic E-state index is 12.8. The van der Waals surface area contributed by atoms with Crippen LogP contribution in [0.15, 0.2) is 42.5 Å². The zero-order valence-corrected chi connectivity index (χ0v) is 21.9. The van der Waals surface area contributed by atoms with Gasteiger partial charge in [0.2, 0.25) is 0 Å². The van der Waals surface area contributed by atoms with Crippen LogP contribution in [0.4, 0.5) is 0 Å². The zero-order valence-electron chi connectivity index (χ0n) is 20.4. The molecule has 1 N–H and O–H groups in total. The number of aryl methyl sites for hydroxylation is 2. The van der Waals surface area contributed by atoms with Crippen LogP contribution in [0.5, 0.6) is 5.75 Å². The summed E-state index contributed by atoms with van der Waals surface area (Å²) in [5.41, 5.74) is 2.49. The smallest absolute Gasteiger partial charge is 0.304 e. The van der Waals surface area contributed by atoms with Crippen LogP contribution in [0.2, 0.25) is 5.02 Å². The molecule has 2 fully saturated rings. The van der Waals surface area contributed by atoms with Gasteiger partial charge >= 0.3 is 10.2 Å². The van der Waals surface area contributed by atoms with Crippen LogP contribution in [-0.4, -0.2) is 61.9 Å². The summed E-state index contributed by atoms with van der Waals surface area (Å²) in [4.78, 5) is 14.9. The van der Waals surface area contributed by atoms with Crippen molar-refractivity contribution in [3.63, 3.8) is 0 Å². The lowest BCUT2D eigenvalue weighted by molar-refractivity contribution is 0.0581. The van der Waals surface area contributed by atoms with E-state index in [1.807, 2.05) is 44.2 Å². The molecule has 2 aliphatic rings. The first kappa shape index (κ1) is 25.9. The number of hydrogen-bond donors (Lipinski definition) is 1. The molecule has 0 aromatic heterocycles. The zero-order chi connectivity index (χ0) is 25.0. The maximum Gasteiger partial charge on any atom is 0.304 e. The standard InChI is InChI=1S/C26H34ClN3O4S/c1-3-20-4-6-21(7-5-20)26(31)28-35(32,33)30-16-10-23(11-17-30)29-14-12-24(13-15-29)34-25-9-8-22(27)18-19(25)2/h4-9,18,23-24H,3,10-17H2,1-2H3,(H,28,31). The van der Waals surface area contributed by atoms with E-state index in [1.54, 1.807) is 12.1 Å². The van der Waals surface area contributed by atoms with Crippen LogP contribution in [0.25, 0.3) is 0 Å². The van der Waals surface area contributed by atoms with Crippen molar-refractivity contribution in [2.24, 2.45) is 0 Å². The Morgan fingerprint density at radius 2 is 1.69 bits per heavy atom. The number of carbonyl (C=O) groups is 1. The predicted molar refractivity (Wildman–Crippen MR) is 138 cm³/mol. The number of likely N-dealkylation sites (tertiary alicyclic amines) is 1. The van der Waals surface area contributed by atoms with Crippen LogP contribution in [0, 0.1) is 6.92 Å². The highest BCUT2D eigenvalue weighted by molar-refractivity contribution is 7.87. The van der Waals surface area contributed by atoms with Crippen LogP contribution >= 0.6 is 11.6 Å². The van der Waals surface area contributed by atoms with Crippen molar-refractivity contribution < 1.29 is 17.9 Å². The van der Waals surface area contributed by atoms with E-state index in [2.05, 4.69) is 9.62 Å². The highest BCUT2D eigenvalue weighted by Gasteiger charge is 2.33. The Bertz CT molecular complexity index is 1120. The second kappa shape index (κ2) is 11.3. The summed E-state index contributed by atoms with van der Waals surface area (Å²) >= 11 is 6.04. The van der Waals surface area contributed by atoms with Crippen LogP contribution < -0.4 is 9.46 Å². The SMILES string of the molecule is CCc1ccc(C(=O)NS(=O)(=O)N2CCC(N3CCC(Oc4ccc(Cl)cc4C)CC3)CC2)cc1. The van der Waals surface area contributed by atoms with Crippen molar-refractivity contribution in [1.82, 2.24) is 13.9 Å². The van der Waals surface area contributed by atoms with Gasteiger partial charge in [-0.05, 0) is 80.5 Å². The van der Waals surface area contributed by atoms with Gasteiger partial charge in [0.25, 0.3) is 5.91 Å². The van der Waals surface area contributed by atoms with Gasteiger partial charge in [-0.15, -0.1) is 0 Å². The number of rotatable bonds is 7. The molecule has 0 bridgehead atoms. The van der Waals surface area contributed by atoms with Gasteiger partial charge in [0.05, 0.1) is 0 Å². The van der Waals surface area contributed by atoms with Crippen molar-refractivity contribution in [2.45, 2.75) is 58.1 Å². The van der Waals surface area contributed by atoms with Gasteiger partial charge in [-0.2, -0.15) is 12.7 Å². The summed E-state index contributed by atoms with van der Waals surface area (Å²) in [6.07, 6.45) is 4.42. The summed E-state index contributed by atoms with van der Waals surface area (Å²) in [5, 5.41) is 0.711. The van der Waals surface area contributed by atoms with Gasteiger partial charge in [0, 0.05) is 42.8 Å². The molecule has 2 aromatic carbocycles. The molecule has 0 atom stereocenters. The summed E-state index contributed by atoms with van der Waals surface area (Å²) < 4.78 is 35.4. The van der Waals surface area contributed by atoms with Gasteiger partial charge in [-0.25, -0.2) is 4.72 Å². The first-order valence-corrected chi connectivity index (χ1v) is 14.1.